The predicted octanol–water partition coefficient (Wildman–Crippen LogP) is -0.405. The van der Waals surface area contributed by atoms with E-state index in [0.717, 1.165) is 0 Å². The molecule has 0 amide bonds. The summed E-state index contributed by atoms with van der Waals surface area (Å²) in [4.78, 5) is 42.2. The van der Waals surface area contributed by atoms with Gasteiger partial charge < -0.3 is 10.2 Å². The smallest absolute Gasteiger partial charge is 0.875 e. The fourth-order valence-electron chi connectivity index (χ4n) is 1.49. The summed E-state index contributed by atoms with van der Waals surface area (Å²) in [5, 5.41) is 21.1. The monoisotopic (exact) mass is 341 g/mol. The third-order valence-corrected chi connectivity index (χ3v) is 2.11. The zero-order valence-electron chi connectivity index (χ0n) is 12.8. The summed E-state index contributed by atoms with van der Waals surface area (Å²) in [5.41, 5.74) is -0.444. The van der Waals surface area contributed by atoms with Gasteiger partial charge in [0.25, 0.3) is 0 Å². The van der Waals surface area contributed by atoms with E-state index >= 15 is 0 Å². The predicted molar refractivity (Wildman–Crippen MR) is 68.1 cm³/mol. The Balaban J connectivity index is -0.000000295. The van der Waals surface area contributed by atoms with Gasteiger partial charge in [0, 0.05) is 11.1 Å². The molecule has 0 aromatic rings. The zero-order valence-corrected chi connectivity index (χ0v) is 13.8. The van der Waals surface area contributed by atoms with Crippen molar-refractivity contribution in [2.45, 2.75) is 41.5 Å². The molecule has 0 aromatic heterocycles. The number of carbonyl (C=O) groups excluding carboxylic acids is 4. The van der Waals surface area contributed by atoms with Crippen LogP contribution in [0.2, 0.25) is 0 Å². The first kappa shape index (κ1) is 24.3. The quantitative estimate of drug-likeness (QED) is 0.297. The molecule has 0 heterocycles. The summed E-state index contributed by atoms with van der Waals surface area (Å²) in [6, 6.07) is 0. The fourth-order valence-corrected chi connectivity index (χ4v) is 1.49. The molecule has 119 valence electrons. The Bertz CT molecular complexity index is 414. The molecule has 0 atom stereocenters. The minimum absolute atomic E-state index is 0. The van der Waals surface area contributed by atoms with Crippen LogP contribution in [-0.2, 0) is 36.0 Å². The number of carbonyl (C=O) groups is 4. The Morgan fingerprint density at radius 3 is 0.667 bits per heavy atom. The van der Waals surface area contributed by atoms with Crippen molar-refractivity contribution in [3.05, 3.63) is 22.7 Å². The van der Waals surface area contributed by atoms with Gasteiger partial charge in [-0.05, 0) is 27.7 Å². The van der Waals surface area contributed by atoms with Gasteiger partial charge in [-0.15, -0.1) is 11.5 Å². The second kappa shape index (κ2) is 11.0. The van der Waals surface area contributed by atoms with Crippen LogP contribution in [0.4, 0.5) is 0 Å². The molecule has 0 saturated carbocycles. The number of ketones is 4. The van der Waals surface area contributed by atoms with Crippen LogP contribution in [0, 0.1) is 0 Å². The van der Waals surface area contributed by atoms with E-state index in [4.69, 9.17) is 0 Å². The van der Waals surface area contributed by atoms with Gasteiger partial charge in [-0.1, -0.05) is 13.8 Å². The molecule has 0 saturated heterocycles. The summed E-state index contributed by atoms with van der Waals surface area (Å²) in [6.45, 7) is 7.24. The zero-order chi connectivity index (χ0) is 16.6. The molecule has 0 aliphatic heterocycles. The molecule has 1 radical (unpaired) electrons. The van der Waals surface area contributed by atoms with Gasteiger partial charge >= 0.3 is 16.8 Å². The first-order valence-corrected chi connectivity index (χ1v) is 5.72. The van der Waals surface area contributed by atoms with Gasteiger partial charge in [0.1, 0.15) is 0 Å². The van der Waals surface area contributed by atoms with Crippen LogP contribution in [0.3, 0.4) is 0 Å². The summed E-state index contributed by atoms with van der Waals surface area (Å²) in [5.74, 6) is -2.75. The standard InChI is InChI=1S/2C7H10O3.Co/c2*1-4(8)7(5(2)9)6(3)10;/h2*8H,1-3H3;/q;;+2/p-2. The number of rotatable bonds is 4. The molecule has 6 nitrogen and oxygen atoms in total. The van der Waals surface area contributed by atoms with E-state index in [1.165, 1.54) is 41.5 Å². The molecule has 0 unspecified atom stereocenters. The molecule has 0 N–H and O–H groups in total. The van der Waals surface area contributed by atoms with Crippen LogP contribution >= 0.6 is 0 Å². The molecule has 0 aromatic carbocycles. The van der Waals surface area contributed by atoms with Crippen molar-refractivity contribution in [3.63, 3.8) is 0 Å². The van der Waals surface area contributed by atoms with Crippen LogP contribution in [0.5, 0.6) is 0 Å². The Hall–Kier alpha value is -1.73. The molecule has 0 fully saturated rings. The van der Waals surface area contributed by atoms with Crippen molar-refractivity contribution in [2.24, 2.45) is 0 Å². The average Bonchev–Trinajstić information content (AvgIpc) is 2.12. The van der Waals surface area contributed by atoms with Crippen LogP contribution in [0.25, 0.3) is 0 Å². The van der Waals surface area contributed by atoms with Gasteiger partial charge in [-0.2, -0.15) is 0 Å². The molecular formula is C14H18CoO6. The van der Waals surface area contributed by atoms with Crippen molar-refractivity contribution in [1.29, 1.82) is 0 Å². The van der Waals surface area contributed by atoms with Gasteiger partial charge in [-0.25, -0.2) is 0 Å². The Morgan fingerprint density at radius 1 is 0.524 bits per heavy atom. The maximum Gasteiger partial charge on any atom is 2.00 e. The van der Waals surface area contributed by atoms with Crippen molar-refractivity contribution < 1.29 is 46.2 Å². The van der Waals surface area contributed by atoms with E-state index in [0.29, 0.717) is 0 Å². The minimum atomic E-state index is -0.458. The second-order valence-electron chi connectivity index (χ2n) is 4.09. The van der Waals surface area contributed by atoms with Gasteiger partial charge in [0.2, 0.25) is 0 Å². The molecule has 0 aliphatic carbocycles. The van der Waals surface area contributed by atoms with E-state index in [-0.39, 0.29) is 27.9 Å². The third kappa shape index (κ3) is 9.75. The van der Waals surface area contributed by atoms with E-state index in [9.17, 15) is 29.4 Å². The minimum Gasteiger partial charge on any atom is -0.875 e. The number of hydrogen-bond donors (Lipinski definition) is 0. The number of hydrogen-bond acceptors (Lipinski definition) is 6. The third-order valence-electron chi connectivity index (χ3n) is 2.11. The number of Topliss-reactive ketones (excluding diaryl/α,β-unsaturated/α-hetero) is 4. The largest absolute Gasteiger partial charge is 2.00 e. The molecule has 0 bridgehead atoms. The van der Waals surface area contributed by atoms with Crippen LogP contribution in [0.15, 0.2) is 22.7 Å². The molecule has 21 heavy (non-hydrogen) atoms. The molecule has 0 rings (SSSR count). The topological polar surface area (TPSA) is 114 Å². The Morgan fingerprint density at radius 2 is 0.667 bits per heavy atom. The van der Waals surface area contributed by atoms with Crippen LogP contribution in [0.1, 0.15) is 41.5 Å². The second-order valence-corrected chi connectivity index (χ2v) is 4.09. The summed E-state index contributed by atoms with van der Waals surface area (Å²) >= 11 is 0. The summed E-state index contributed by atoms with van der Waals surface area (Å²) in [6.07, 6.45) is 0. The van der Waals surface area contributed by atoms with Crippen LogP contribution in [-0.4, -0.2) is 23.1 Å². The van der Waals surface area contributed by atoms with Crippen molar-refractivity contribution in [3.8, 4) is 0 Å². The molecule has 7 heteroatoms. The van der Waals surface area contributed by atoms with Crippen LogP contribution < -0.4 is 10.2 Å². The Labute approximate surface area is 134 Å². The normalized spacial score (nSPS) is 8.29. The van der Waals surface area contributed by atoms with Crippen molar-refractivity contribution >= 4 is 23.1 Å². The molecular weight excluding hydrogens is 323 g/mol. The maximum atomic E-state index is 10.5. The fraction of sp³-hybridized carbons (Fsp3) is 0.429. The van der Waals surface area contributed by atoms with Gasteiger partial charge in [-0.3, -0.25) is 19.2 Å². The molecule has 0 aliphatic rings. The first-order chi connectivity index (χ1) is 8.93. The Kier molecular flexibility index (Phi) is 12.7. The SMILES string of the molecule is CC(=O)C(C(C)=O)=C(C)[O-].CC(=O)C(C(C)=O)=C(C)[O-].[Co+2]. The summed E-state index contributed by atoms with van der Waals surface area (Å²) < 4.78 is 0. The summed E-state index contributed by atoms with van der Waals surface area (Å²) in [7, 11) is 0. The maximum absolute atomic E-state index is 10.5. The van der Waals surface area contributed by atoms with Gasteiger partial charge in [0.15, 0.2) is 23.1 Å². The van der Waals surface area contributed by atoms with Crippen molar-refractivity contribution in [2.75, 3.05) is 0 Å². The van der Waals surface area contributed by atoms with E-state index in [1.807, 2.05) is 0 Å². The number of allylic oxidation sites excluding steroid dienone is 4. The van der Waals surface area contributed by atoms with E-state index in [1.54, 1.807) is 0 Å². The molecule has 0 spiro atoms. The van der Waals surface area contributed by atoms with Crippen molar-refractivity contribution in [1.82, 2.24) is 0 Å². The van der Waals surface area contributed by atoms with E-state index < -0.39 is 34.7 Å². The first-order valence-electron chi connectivity index (χ1n) is 5.72. The van der Waals surface area contributed by atoms with E-state index in [2.05, 4.69) is 0 Å². The van der Waals surface area contributed by atoms with Gasteiger partial charge in [0.05, 0.1) is 0 Å². The average molecular weight is 341 g/mol.